The van der Waals surface area contributed by atoms with Gasteiger partial charge in [-0.2, -0.15) is 0 Å². The van der Waals surface area contributed by atoms with Crippen LogP contribution in [0.5, 0.6) is 0 Å². The molecule has 0 aromatic carbocycles. The molecule has 0 aliphatic heterocycles. The molecular weight excluding hydrogens is 204 g/mol. The average Bonchev–Trinajstić information content (AvgIpc) is 2.45. The molecule has 1 heterocycles. The van der Waals surface area contributed by atoms with Gasteiger partial charge in [-0.3, -0.25) is 4.79 Å². The summed E-state index contributed by atoms with van der Waals surface area (Å²) in [5, 5.41) is 8.75. The van der Waals surface area contributed by atoms with Crippen molar-refractivity contribution < 1.29 is 9.90 Å². The molecule has 1 aromatic rings. The van der Waals surface area contributed by atoms with Crippen LogP contribution in [0.2, 0.25) is 0 Å². The molecule has 0 aliphatic rings. The number of rotatable bonds is 3. The van der Waals surface area contributed by atoms with Gasteiger partial charge >= 0.3 is 5.97 Å². The van der Waals surface area contributed by atoms with Gasteiger partial charge in [-0.05, 0) is 5.92 Å². The maximum absolute atomic E-state index is 10.6. The lowest BCUT2D eigenvalue weighted by Crippen LogP contribution is -2.15. The van der Waals surface area contributed by atoms with E-state index in [4.69, 9.17) is 5.11 Å². The fraction of sp³-hybridized carbons (Fsp3) is 0.667. The lowest BCUT2D eigenvalue weighted by atomic mass is 9.88. The van der Waals surface area contributed by atoms with E-state index in [1.54, 1.807) is 0 Å². The van der Waals surface area contributed by atoms with Gasteiger partial charge in [0.15, 0.2) is 0 Å². The van der Waals surface area contributed by atoms with Crippen molar-refractivity contribution >= 4 is 5.97 Å². The molecule has 2 N–H and O–H groups in total. The molecule has 0 atom stereocenters. The summed E-state index contributed by atoms with van der Waals surface area (Å²) >= 11 is 0. The van der Waals surface area contributed by atoms with Crippen molar-refractivity contribution in [3.63, 3.8) is 0 Å². The van der Waals surface area contributed by atoms with Crippen molar-refractivity contribution in [1.82, 2.24) is 9.97 Å². The number of nitrogens with zero attached hydrogens (tertiary/aromatic N) is 1. The maximum atomic E-state index is 10.6. The molecule has 1 aromatic heterocycles. The van der Waals surface area contributed by atoms with Gasteiger partial charge in [0.2, 0.25) is 0 Å². The van der Waals surface area contributed by atoms with E-state index in [0.29, 0.717) is 11.7 Å². The Kier molecular flexibility index (Phi) is 3.41. The van der Waals surface area contributed by atoms with Crippen LogP contribution in [-0.2, 0) is 16.6 Å². The number of aromatic amines is 1. The van der Waals surface area contributed by atoms with Gasteiger partial charge in [-0.1, -0.05) is 34.6 Å². The Morgan fingerprint density at radius 1 is 1.44 bits per heavy atom. The van der Waals surface area contributed by atoms with E-state index in [9.17, 15) is 4.79 Å². The minimum absolute atomic E-state index is 0.0458. The van der Waals surface area contributed by atoms with Crippen LogP contribution in [0.3, 0.4) is 0 Å². The highest BCUT2D eigenvalue weighted by atomic mass is 16.4. The van der Waals surface area contributed by atoms with E-state index < -0.39 is 5.97 Å². The molecule has 0 spiro atoms. The number of nitrogens with one attached hydrogen (secondary N) is 1. The fourth-order valence-electron chi connectivity index (χ4n) is 1.65. The third kappa shape index (κ3) is 2.84. The summed E-state index contributed by atoms with van der Waals surface area (Å²) < 4.78 is 0. The van der Waals surface area contributed by atoms with E-state index in [0.717, 1.165) is 11.4 Å². The molecule has 4 nitrogen and oxygen atoms in total. The number of carbonyl (C=O) groups is 1. The van der Waals surface area contributed by atoms with Crippen molar-refractivity contribution in [2.24, 2.45) is 0 Å². The van der Waals surface area contributed by atoms with Crippen LogP contribution in [0.25, 0.3) is 0 Å². The topological polar surface area (TPSA) is 66.0 Å². The third-order valence-electron chi connectivity index (χ3n) is 2.39. The van der Waals surface area contributed by atoms with Crippen LogP contribution in [0, 0.1) is 0 Å². The molecule has 0 aliphatic carbocycles. The molecular formula is C12H20N2O2. The fourth-order valence-corrected chi connectivity index (χ4v) is 1.65. The van der Waals surface area contributed by atoms with Gasteiger partial charge < -0.3 is 10.1 Å². The monoisotopic (exact) mass is 224 g/mol. The Labute approximate surface area is 96.1 Å². The van der Waals surface area contributed by atoms with Gasteiger partial charge in [-0.25, -0.2) is 4.98 Å². The second kappa shape index (κ2) is 4.28. The minimum Gasteiger partial charge on any atom is -0.481 e. The molecule has 0 unspecified atom stereocenters. The van der Waals surface area contributed by atoms with Gasteiger partial charge in [0.1, 0.15) is 12.2 Å². The number of H-pyrrole nitrogens is 1. The molecule has 0 saturated heterocycles. The Morgan fingerprint density at radius 2 is 2.00 bits per heavy atom. The van der Waals surface area contributed by atoms with Crippen LogP contribution in [-0.4, -0.2) is 21.0 Å². The molecule has 0 amide bonds. The number of carboxylic acid groups (broad SMARTS) is 1. The summed E-state index contributed by atoms with van der Waals surface area (Å²) in [4.78, 5) is 18.2. The van der Waals surface area contributed by atoms with Gasteiger partial charge in [0.25, 0.3) is 0 Å². The lowest BCUT2D eigenvalue weighted by molar-refractivity contribution is -0.136. The zero-order valence-electron chi connectivity index (χ0n) is 10.6. The third-order valence-corrected chi connectivity index (χ3v) is 2.39. The molecule has 4 heteroatoms. The number of hydrogen-bond acceptors (Lipinski definition) is 2. The number of hydrogen-bond donors (Lipinski definition) is 2. The first-order valence-corrected chi connectivity index (χ1v) is 5.53. The highest BCUT2D eigenvalue weighted by molar-refractivity contribution is 5.69. The highest BCUT2D eigenvalue weighted by Crippen LogP contribution is 2.28. The van der Waals surface area contributed by atoms with Crippen LogP contribution in [0.15, 0.2) is 0 Å². The molecule has 90 valence electrons. The normalized spacial score (nSPS) is 12.1. The summed E-state index contributed by atoms with van der Waals surface area (Å²) in [6, 6.07) is 0. The molecule has 1 rings (SSSR count). The van der Waals surface area contributed by atoms with E-state index in [-0.39, 0.29) is 11.8 Å². The van der Waals surface area contributed by atoms with Crippen molar-refractivity contribution in [2.75, 3.05) is 0 Å². The van der Waals surface area contributed by atoms with E-state index in [2.05, 4.69) is 44.6 Å². The van der Waals surface area contributed by atoms with Gasteiger partial charge in [0.05, 0.1) is 5.69 Å². The van der Waals surface area contributed by atoms with Gasteiger partial charge in [-0.15, -0.1) is 0 Å². The second-order valence-corrected chi connectivity index (χ2v) is 5.42. The van der Waals surface area contributed by atoms with E-state index in [1.807, 2.05) is 0 Å². The first-order valence-electron chi connectivity index (χ1n) is 5.53. The van der Waals surface area contributed by atoms with E-state index in [1.165, 1.54) is 0 Å². The van der Waals surface area contributed by atoms with Crippen LogP contribution in [0.1, 0.15) is 57.7 Å². The maximum Gasteiger partial charge on any atom is 0.311 e. The smallest absolute Gasteiger partial charge is 0.311 e. The number of aliphatic carboxylic acids is 1. The predicted octanol–water partition coefficient (Wildman–Crippen LogP) is 2.46. The number of carboxylic acids is 1. The molecule has 0 bridgehead atoms. The first-order chi connectivity index (χ1) is 7.21. The van der Waals surface area contributed by atoms with Crippen molar-refractivity contribution in [3.8, 4) is 0 Å². The largest absolute Gasteiger partial charge is 0.481 e. The minimum atomic E-state index is -0.857. The van der Waals surface area contributed by atoms with Gasteiger partial charge in [0, 0.05) is 11.1 Å². The Bertz CT molecular complexity index is 386. The van der Waals surface area contributed by atoms with Crippen molar-refractivity contribution in [1.29, 1.82) is 0 Å². The Morgan fingerprint density at radius 3 is 2.31 bits per heavy atom. The summed E-state index contributed by atoms with van der Waals surface area (Å²) in [7, 11) is 0. The molecule has 16 heavy (non-hydrogen) atoms. The summed E-state index contributed by atoms with van der Waals surface area (Å²) in [6.45, 7) is 10.4. The molecule has 0 radical (unpaired) electrons. The second-order valence-electron chi connectivity index (χ2n) is 5.42. The number of aromatic nitrogens is 2. The summed E-state index contributed by atoms with van der Waals surface area (Å²) in [5.74, 6) is 0.00918. The average molecular weight is 224 g/mol. The van der Waals surface area contributed by atoms with Crippen LogP contribution in [0.4, 0.5) is 0 Å². The highest BCUT2D eigenvalue weighted by Gasteiger charge is 2.24. The quantitative estimate of drug-likeness (QED) is 0.828. The Balaban J connectivity index is 3.15. The number of imidazole rings is 1. The predicted molar refractivity (Wildman–Crippen MR) is 62.7 cm³/mol. The van der Waals surface area contributed by atoms with Crippen LogP contribution < -0.4 is 0 Å². The first kappa shape index (κ1) is 12.7. The van der Waals surface area contributed by atoms with Crippen LogP contribution >= 0.6 is 0 Å². The van der Waals surface area contributed by atoms with Crippen molar-refractivity contribution in [3.05, 3.63) is 17.2 Å². The SMILES string of the molecule is CC(C)c1[nH]c(CC(=O)O)nc1C(C)(C)C. The van der Waals surface area contributed by atoms with Crippen molar-refractivity contribution in [2.45, 2.75) is 52.4 Å². The zero-order valence-corrected chi connectivity index (χ0v) is 10.6. The summed E-state index contributed by atoms with van der Waals surface area (Å²) in [5.41, 5.74) is 1.95. The zero-order chi connectivity index (χ0) is 12.5. The summed E-state index contributed by atoms with van der Waals surface area (Å²) in [6.07, 6.45) is -0.0458. The molecule has 0 fully saturated rings. The Hall–Kier alpha value is -1.32. The standard InChI is InChI=1S/C12H20N2O2/c1-7(2)10-11(12(3,4)5)14-8(13-10)6-9(15)16/h7H,6H2,1-5H3,(H,13,14)(H,15,16). The molecule has 0 saturated carbocycles. The lowest BCUT2D eigenvalue weighted by Gasteiger charge is -2.18. The van der Waals surface area contributed by atoms with E-state index >= 15 is 0 Å².